The van der Waals surface area contributed by atoms with Crippen LogP contribution in [0.4, 0.5) is 11.4 Å². The Labute approximate surface area is 147 Å². The van der Waals surface area contributed by atoms with Crippen molar-refractivity contribution in [3.05, 3.63) is 59.7 Å². The number of hydrogen-bond acceptors (Lipinski definition) is 3. The van der Waals surface area contributed by atoms with E-state index >= 15 is 0 Å². The highest BCUT2D eigenvalue weighted by atomic mass is 16.2. The highest BCUT2D eigenvalue weighted by Gasteiger charge is 2.33. The van der Waals surface area contributed by atoms with Gasteiger partial charge < -0.3 is 16.0 Å². The molecule has 5 heteroatoms. The van der Waals surface area contributed by atoms with Gasteiger partial charge in [-0.05, 0) is 36.1 Å². The van der Waals surface area contributed by atoms with Gasteiger partial charge in [-0.1, -0.05) is 44.2 Å². The predicted molar refractivity (Wildman–Crippen MR) is 99.5 cm³/mol. The lowest BCUT2D eigenvalue weighted by Crippen LogP contribution is -2.48. The number of nitrogens with zero attached hydrogens (tertiary/aromatic N) is 1. The van der Waals surface area contributed by atoms with E-state index in [-0.39, 0.29) is 11.9 Å². The Kier molecular flexibility index (Phi) is 4.74. The molecule has 0 saturated heterocycles. The molecule has 0 aliphatic carbocycles. The molecule has 3 rings (SSSR count). The molecule has 0 spiro atoms. The molecular formula is C20H23N3O2. The third-order valence-electron chi connectivity index (χ3n) is 4.42. The number of nitrogens with two attached hydrogens (primary N) is 1. The fourth-order valence-electron chi connectivity index (χ4n) is 3.22. The van der Waals surface area contributed by atoms with Gasteiger partial charge in [0.05, 0.1) is 11.4 Å². The molecule has 25 heavy (non-hydrogen) atoms. The van der Waals surface area contributed by atoms with Gasteiger partial charge in [0.1, 0.15) is 6.04 Å². The summed E-state index contributed by atoms with van der Waals surface area (Å²) in [6.07, 6.45) is 0.760. The second-order valence-corrected chi connectivity index (χ2v) is 6.84. The Bertz CT molecular complexity index is 787. The minimum atomic E-state index is -0.504. The van der Waals surface area contributed by atoms with Crippen LogP contribution < -0.4 is 16.0 Å². The van der Waals surface area contributed by atoms with Crippen LogP contribution in [0.3, 0.4) is 0 Å². The van der Waals surface area contributed by atoms with Crippen LogP contribution in [0.2, 0.25) is 0 Å². The minimum Gasteiger partial charge on any atom is -0.366 e. The lowest BCUT2D eigenvalue weighted by atomic mass is 9.97. The van der Waals surface area contributed by atoms with Crippen LogP contribution in [-0.2, 0) is 11.3 Å². The largest absolute Gasteiger partial charge is 0.366 e. The van der Waals surface area contributed by atoms with Gasteiger partial charge in [-0.3, -0.25) is 9.59 Å². The molecule has 2 aromatic rings. The monoisotopic (exact) mass is 337 g/mol. The summed E-state index contributed by atoms with van der Waals surface area (Å²) in [5.74, 6) is -0.157. The lowest BCUT2D eigenvalue weighted by molar-refractivity contribution is -0.118. The molecule has 0 fully saturated rings. The average molecular weight is 337 g/mol. The maximum absolute atomic E-state index is 12.7. The summed E-state index contributed by atoms with van der Waals surface area (Å²) >= 11 is 0. The first kappa shape index (κ1) is 17.0. The molecule has 0 aromatic heterocycles. The summed E-state index contributed by atoms with van der Waals surface area (Å²) < 4.78 is 0. The van der Waals surface area contributed by atoms with Gasteiger partial charge in [0.2, 0.25) is 11.8 Å². The van der Waals surface area contributed by atoms with E-state index in [1.165, 1.54) is 0 Å². The summed E-state index contributed by atoms with van der Waals surface area (Å²) in [4.78, 5) is 26.3. The molecule has 1 unspecified atom stereocenters. The predicted octanol–water partition coefficient (Wildman–Crippen LogP) is 3.16. The summed E-state index contributed by atoms with van der Waals surface area (Å²) in [6, 6.07) is 15.1. The van der Waals surface area contributed by atoms with Gasteiger partial charge in [0.15, 0.2) is 0 Å². The Morgan fingerprint density at radius 2 is 1.92 bits per heavy atom. The van der Waals surface area contributed by atoms with Crippen molar-refractivity contribution in [1.29, 1.82) is 0 Å². The van der Waals surface area contributed by atoms with E-state index in [1.54, 1.807) is 12.1 Å². The highest BCUT2D eigenvalue weighted by Crippen LogP contribution is 2.35. The average Bonchev–Trinajstić information content (AvgIpc) is 2.58. The van der Waals surface area contributed by atoms with Crippen molar-refractivity contribution in [3.63, 3.8) is 0 Å². The van der Waals surface area contributed by atoms with Gasteiger partial charge in [0, 0.05) is 12.1 Å². The van der Waals surface area contributed by atoms with Crippen LogP contribution >= 0.6 is 0 Å². The normalized spacial score (nSPS) is 16.5. The molecule has 0 radical (unpaired) electrons. The van der Waals surface area contributed by atoms with E-state index in [4.69, 9.17) is 5.73 Å². The van der Waals surface area contributed by atoms with Gasteiger partial charge >= 0.3 is 0 Å². The van der Waals surface area contributed by atoms with Crippen molar-refractivity contribution in [2.75, 3.05) is 10.2 Å². The third-order valence-corrected chi connectivity index (χ3v) is 4.42. The second kappa shape index (κ2) is 6.97. The summed E-state index contributed by atoms with van der Waals surface area (Å²) in [5.41, 5.74) is 8.44. The van der Waals surface area contributed by atoms with Gasteiger partial charge in [-0.15, -0.1) is 0 Å². The number of primary amides is 1. The first-order chi connectivity index (χ1) is 12.0. The van der Waals surface area contributed by atoms with Crippen molar-refractivity contribution < 1.29 is 9.59 Å². The maximum atomic E-state index is 12.7. The maximum Gasteiger partial charge on any atom is 0.248 e. The molecule has 2 aromatic carbocycles. The number of rotatable bonds is 5. The van der Waals surface area contributed by atoms with E-state index in [0.717, 1.165) is 17.7 Å². The van der Waals surface area contributed by atoms with Crippen LogP contribution in [-0.4, -0.2) is 17.9 Å². The number of fused-ring (bicyclic) bond motifs is 1. The zero-order valence-electron chi connectivity index (χ0n) is 14.5. The number of hydrogen-bond donors (Lipinski definition) is 2. The molecule has 5 nitrogen and oxygen atoms in total. The number of anilines is 2. The molecule has 3 N–H and O–H groups in total. The quantitative estimate of drug-likeness (QED) is 0.880. The van der Waals surface area contributed by atoms with E-state index in [9.17, 15) is 9.59 Å². The van der Waals surface area contributed by atoms with Gasteiger partial charge in [-0.2, -0.15) is 0 Å². The first-order valence-corrected chi connectivity index (χ1v) is 8.51. The molecule has 1 aliphatic heterocycles. The van der Waals surface area contributed by atoms with Crippen molar-refractivity contribution in [3.8, 4) is 0 Å². The SMILES string of the molecule is CC(C)CC1C(=O)Nc2cc(C(N)=O)ccc2N1Cc1ccccc1. The Morgan fingerprint density at radius 1 is 1.20 bits per heavy atom. The Hall–Kier alpha value is -2.82. The van der Waals surface area contributed by atoms with E-state index in [0.29, 0.717) is 23.7 Å². The number of carbonyl (C=O) groups is 2. The van der Waals surface area contributed by atoms with Crippen molar-refractivity contribution >= 4 is 23.2 Å². The fourth-order valence-corrected chi connectivity index (χ4v) is 3.22. The lowest BCUT2D eigenvalue weighted by Gasteiger charge is -2.39. The minimum absolute atomic E-state index is 0.0428. The zero-order chi connectivity index (χ0) is 18.0. The molecule has 1 atom stereocenters. The van der Waals surface area contributed by atoms with Crippen LogP contribution in [0.5, 0.6) is 0 Å². The standard InChI is InChI=1S/C20H23N3O2/c1-13(2)10-18-20(25)22-16-11-15(19(21)24)8-9-17(16)23(18)12-14-6-4-3-5-7-14/h3-9,11,13,18H,10,12H2,1-2H3,(H2,21,24)(H,22,25). The van der Waals surface area contributed by atoms with Crippen molar-refractivity contribution in [2.24, 2.45) is 11.7 Å². The molecular weight excluding hydrogens is 314 g/mol. The van der Waals surface area contributed by atoms with Crippen LogP contribution in [0, 0.1) is 5.92 Å². The zero-order valence-corrected chi connectivity index (χ0v) is 14.5. The Balaban J connectivity index is 2.02. The van der Waals surface area contributed by atoms with Crippen LogP contribution in [0.1, 0.15) is 36.2 Å². The molecule has 1 aliphatic rings. The van der Waals surface area contributed by atoms with Crippen LogP contribution in [0.15, 0.2) is 48.5 Å². The number of benzene rings is 2. The Morgan fingerprint density at radius 3 is 2.56 bits per heavy atom. The number of amides is 2. The fraction of sp³-hybridized carbons (Fsp3) is 0.300. The molecule has 2 amide bonds. The summed E-state index contributed by atoms with van der Waals surface area (Å²) in [7, 11) is 0. The molecule has 1 heterocycles. The molecule has 130 valence electrons. The van der Waals surface area contributed by atoms with Gasteiger partial charge in [-0.25, -0.2) is 0 Å². The second-order valence-electron chi connectivity index (χ2n) is 6.84. The summed E-state index contributed by atoms with van der Waals surface area (Å²) in [5, 5.41) is 2.94. The first-order valence-electron chi connectivity index (χ1n) is 8.51. The number of nitrogens with one attached hydrogen (secondary N) is 1. The topological polar surface area (TPSA) is 75.4 Å². The smallest absolute Gasteiger partial charge is 0.248 e. The third kappa shape index (κ3) is 3.65. The van der Waals surface area contributed by atoms with E-state index in [1.807, 2.05) is 24.3 Å². The van der Waals surface area contributed by atoms with Crippen molar-refractivity contribution in [2.45, 2.75) is 32.9 Å². The number of carbonyl (C=O) groups excluding carboxylic acids is 2. The van der Waals surface area contributed by atoms with Crippen molar-refractivity contribution in [1.82, 2.24) is 0 Å². The molecule has 0 bridgehead atoms. The highest BCUT2D eigenvalue weighted by molar-refractivity contribution is 6.05. The van der Waals surface area contributed by atoms with E-state index < -0.39 is 5.91 Å². The molecule has 0 saturated carbocycles. The van der Waals surface area contributed by atoms with Gasteiger partial charge in [0.25, 0.3) is 0 Å². The summed E-state index contributed by atoms with van der Waals surface area (Å²) in [6.45, 7) is 4.86. The van der Waals surface area contributed by atoms with E-state index in [2.05, 4.69) is 36.2 Å². The van der Waals surface area contributed by atoms with Crippen LogP contribution in [0.25, 0.3) is 0 Å².